The second kappa shape index (κ2) is 7.39. The van der Waals surface area contributed by atoms with Crippen LogP contribution in [-0.2, 0) is 11.2 Å². The molecule has 18 heavy (non-hydrogen) atoms. The molecule has 0 aliphatic carbocycles. The Labute approximate surface area is 109 Å². The average Bonchev–Trinajstić information content (AvgIpc) is 2.73. The predicted octanol–water partition coefficient (Wildman–Crippen LogP) is 1.87. The molecule has 0 radical (unpaired) electrons. The van der Waals surface area contributed by atoms with Gasteiger partial charge >= 0.3 is 5.97 Å². The summed E-state index contributed by atoms with van der Waals surface area (Å²) in [5.41, 5.74) is 1.03. The SMILES string of the molecule is Cc1[nH]ccc1Cl.O=C(O)CCc1ncncn1. The molecule has 0 saturated heterocycles. The van der Waals surface area contributed by atoms with Gasteiger partial charge in [0.1, 0.15) is 18.5 Å². The summed E-state index contributed by atoms with van der Waals surface area (Å²) < 4.78 is 0. The van der Waals surface area contributed by atoms with Gasteiger partial charge in [0.25, 0.3) is 0 Å². The van der Waals surface area contributed by atoms with Crippen molar-refractivity contribution in [3.05, 3.63) is 41.5 Å². The van der Waals surface area contributed by atoms with Gasteiger partial charge in [-0.1, -0.05) is 11.6 Å². The largest absolute Gasteiger partial charge is 0.481 e. The Balaban J connectivity index is 0.000000199. The van der Waals surface area contributed by atoms with Crippen molar-refractivity contribution in [1.29, 1.82) is 0 Å². The minimum atomic E-state index is -0.842. The summed E-state index contributed by atoms with van der Waals surface area (Å²) in [7, 11) is 0. The summed E-state index contributed by atoms with van der Waals surface area (Å²) in [5.74, 6) is -0.326. The van der Waals surface area contributed by atoms with Gasteiger partial charge in [0.05, 0.1) is 11.4 Å². The highest BCUT2D eigenvalue weighted by molar-refractivity contribution is 6.31. The van der Waals surface area contributed by atoms with Gasteiger partial charge in [-0.2, -0.15) is 0 Å². The van der Waals surface area contributed by atoms with E-state index in [1.807, 2.05) is 19.2 Å². The normalized spacial score (nSPS) is 9.44. The van der Waals surface area contributed by atoms with Crippen LogP contribution in [0, 0.1) is 6.92 Å². The van der Waals surface area contributed by atoms with Crippen LogP contribution in [0.4, 0.5) is 0 Å². The number of nitrogens with zero attached hydrogens (tertiary/aromatic N) is 3. The van der Waals surface area contributed by atoms with Crippen molar-refractivity contribution in [3.8, 4) is 0 Å². The monoisotopic (exact) mass is 268 g/mol. The van der Waals surface area contributed by atoms with Gasteiger partial charge in [0.15, 0.2) is 0 Å². The number of halogens is 1. The first-order chi connectivity index (χ1) is 8.59. The number of H-pyrrole nitrogens is 1. The average molecular weight is 269 g/mol. The van der Waals surface area contributed by atoms with Gasteiger partial charge in [0, 0.05) is 18.3 Å². The van der Waals surface area contributed by atoms with Crippen LogP contribution >= 0.6 is 11.6 Å². The highest BCUT2D eigenvalue weighted by atomic mass is 35.5. The second-order valence-corrected chi connectivity index (χ2v) is 3.81. The number of hydrogen-bond acceptors (Lipinski definition) is 4. The molecule has 6 nitrogen and oxygen atoms in total. The number of nitrogens with one attached hydrogen (secondary N) is 1. The number of carboxylic acid groups (broad SMARTS) is 1. The van der Waals surface area contributed by atoms with Gasteiger partial charge < -0.3 is 10.1 Å². The summed E-state index contributed by atoms with van der Waals surface area (Å²) in [4.78, 5) is 24.2. The fraction of sp³-hybridized carbons (Fsp3) is 0.273. The van der Waals surface area contributed by atoms with E-state index in [1.54, 1.807) is 0 Å². The van der Waals surface area contributed by atoms with Crippen LogP contribution in [0.25, 0.3) is 0 Å². The Bertz CT molecular complexity index is 470. The fourth-order valence-corrected chi connectivity index (χ4v) is 1.16. The Morgan fingerprint density at radius 2 is 2.11 bits per heavy atom. The van der Waals surface area contributed by atoms with E-state index in [2.05, 4.69) is 19.9 Å². The Morgan fingerprint density at radius 1 is 1.44 bits per heavy atom. The van der Waals surface area contributed by atoms with Crippen molar-refractivity contribution >= 4 is 17.6 Å². The van der Waals surface area contributed by atoms with E-state index in [0.29, 0.717) is 12.2 Å². The number of hydrogen-bond donors (Lipinski definition) is 2. The number of aryl methyl sites for hydroxylation is 2. The lowest BCUT2D eigenvalue weighted by Crippen LogP contribution is -2.01. The molecule has 0 unspecified atom stereocenters. The van der Waals surface area contributed by atoms with Crippen molar-refractivity contribution in [2.75, 3.05) is 0 Å². The number of aromatic amines is 1. The van der Waals surface area contributed by atoms with E-state index in [-0.39, 0.29) is 6.42 Å². The maximum absolute atomic E-state index is 10.1. The fourth-order valence-electron chi connectivity index (χ4n) is 1.04. The van der Waals surface area contributed by atoms with E-state index in [0.717, 1.165) is 10.7 Å². The van der Waals surface area contributed by atoms with Crippen LogP contribution in [0.2, 0.25) is 5.02 Å². The van der Waals surface area contributed by atoms with Crippen LogP contribution in [0.3, 0.4) is 0 Å². The van der Waals surface area contributed by atoms with Crippen molar-refractivity contribution in [2.24, 2.45) is 0 Å². The minimum Gasteiger partial charge on any atom is -0.481 e. The zero-order valence-corrected chi connectivity index (χ0v) is 10.6. The molecule has 2 aromatic rings. The molecular formula is C11H13ClN4O2. The molecule has 2 heterocycles. The first kappa shape index (κ1) is 14.1. The minimum absolute atomic E-state index is 0.0595. The van der Waals surface area contributed by atoms with E-state index >= 15 is 0 Å². The van der Waals surface area contributed by atoms with E-state index in [4.69, 9.17) is 16.7 Å². The Hall–Kier alpha value is -1.95. The highest BCUT2D eigenvalue weighted by Gasteiger charge is 1.99. The third-order valence-electron chi connectivity index (χ3n) is 2.00. The first-order valence-electron chi connectivity index (χ1n) is 5.21. The second-order valence-electron chi connectivity index (χ2n) is 3.40. The van der Waals surface area contributed by atoms with E-state index in [1.165, 1.54) is 12.7 Å². The summed E-state index contributed by atoms with van der Waals surface area (Å²) in [6, 6.07) is 1.83. The third-order valence-corrected chi connectivity index (χ3v) is 2.41. The number of aliphatic carboxylic acids is 1. The molecule has 0 amide bonds. The standard InChI is InChI=1S/C6H7N3O2.C5H6ClN/c10-6(11)2-1-5-8-3-7-4-9-5;1-4-5(6)2-3-7-4/h3-4H,1-2H2,(H,10,11);2-3,7H,1H3. The molecule has 0 fully saturated rings. The van der Waals surface area contributed by atoms with Crippen LogP contribution in [0.5, 0.6) is 0 Å². The molecule has 0 atom stereocenters. The maximum Gasteiger partial charge on any atom is 0.303 e. The van der Waals surface area contributed by atoms with E-state index in [9.17, 15) is 4.79 Å². The Morgan fingerprint density at radius 3 is 2.50 bits per heavy atom. The number of carbonyl (C=O) groups is 1. The molecule has 0 bridgehead atoms. The van der Waals surface area contributed by atoms with Gasteiger partial charge in [-0.25, -0.2) is 15.0 Å². The van der Waals surface area contributed by atoms with Gasteiger partial charge in [0.2, 0.25) is 0 Å². The molecule has 96 valence electrons. The molecule has 0 saturated carbocycles. The van der Waals surface area contributed by atoms with Crippen molar-refractivity contribution in [1.82, 2.24) is 19.9 Å². The molecule has 0 aromatic carbocycles. The summed E-state index contributed by atoms with van der Waals surface area (Å²) in [5, 5.41) is 9.11. The third kappa shape index (κ3) is 5.40. The Kier molecular flexibility index (Phi) is 5.79. The van der Waals surface area contributed by atoms with Crippen LogP contribution in [0.15, 0.2) is 24.9 Å². The molecular weight excluding hydrogens is 256 g/mol. The van der Waals surface area contributed by atoms with Crippen molar-refractivity contribution < 1.29 is 9.90 Å². The highest BCUT2D eigenvalue weighted by Crippen LogP contribution is 2.10. The molecule has 0 aliphatic heterocycles. The maximum atomic E-state index is 10.1. The van der Waals surface area contributed by atoms with Crippen molar-refractivity contribution in [2.45, 2.75) is 19.8 Å². The van der Waals surface area contributed by atoms with E-state index < -0.39 is 5.97 Å². The number of rotatable bonds is 3. The molecule has 0 spiro atoms. The molecule has 7 heteroatoms. The first-order valence-corrected chi connectivity index (χ1v) is 5.59. The topological polar surface area (TPSA) is 91.8 Å². The van der Waals surface area contributed by atoms with Crippen LogP contribution < -0.4 is 0 Å². The quantitative estimate of drug-likeness (QED) is 0.886. The summed E-state index contributed by atoms with van der Waals surface area (Å²) in [6.45, 7) is 1.93. The van der Waals surface area contributed by atoms with Crippen LogP contribution in [-0.4, -0.2) is 31.0 Å². The molecule has 2 aromatic heterocycles. The molecule has 0 aliphatic rings. The molecule has 2 N–H and O–H groups in total. The molecule has 2 rings (SSSR count). The summed E-state index contributed by atoms with van der Waals surface area (Å²) in [6.07, 6.45) is 4.94. The lowest BCUT2D eigenvalue weighted by Gasteiger charge is -1.92. The number of carboxylic acids is 1. The van der Waals surface area contributed by atoms with Gasteiger partial charge in [-0.3, -0.25) is 4.79 Å². The van der Waals surface area contributed by atoms with Gasteiger partial charge in [-0.15, -0.1) is 0 Å². The van der Waals surface area contributed by atoms with Gasteiger partial charge in [-0.05, 0) is 13.0 Å². The van der Waals surface area contributed by atoms with Crippen molar-refractivity contribution in [3.63, 3.8) is 0 Å². The predicted molar refractivity (Wildman–Crippen MR) is 66.3 cm³/mol. The lowest BCUT2D eigenvalue weighted by atomic mass is 10.3. The summed E-state index contributed by atoms with van der Waals surface area (Å²) >= 11 is 5.59. The van der Waals surface area contributed by atoms with Crippen LogP contribution in [0.1, 0.15) is 17.9 Å². The number of aromatic nitrogens is 4. The zero-order valence-electron chi connectivity index (χ0n) is 9.80. The zero-order chi connectivity index (χ0) is 13.4. The smallest absolute Gasteiger partial charge is 0.303 e. The lowest BCUT2D eigenvalue weighted by molar-refractivity contribution is -0.137.